The molecule has 1 aromatic carbocycles. The van der Waals surface area contributed by atoms with Crippen LogP contribution in [0.3, 0.4) is 0 Å². The Morgan fingerprint density at radius 3 is 2.74 bits per heavy atom. The van der Waals surface area contributed by atoms with E-state index >= 15 is 0 Å². The van der Waals surface area contributed by atoms with Crippen molar-refractivity contribution in [2.75, 3.05) is 26.8 Å². The third-order valence-corrected chi connectivity index (χ3v) is 6.47. The molecule has 0 spiro atoms. The lowest BCUT2D eigenvalue weighted by atomic mass is 9.65. The van der Waals surface area contributed by atoms with Crippen LogP contribution in [0.1, 0.15) is 49.7 Å². The number of rotatable bonds is 7. The van der Waals surface area contributed by atoms with E-state index in [2.05, 4.69) is 40.7 Å². The molecule has 2 N–H and O–H groups in total. The molecule has 0 bridgehead atoms. The van der Waals surface area contributed by atoms with Gasteiger partial charge in [0.05, 0.1) is 13.2 Å². The fourth-order valence-corrected chi connectivity index (χ4v) is 4.42. The molecule has 0 aromatic heterocycles. The first-order chi connectivity index (χ1) is 13.2. The van der Waals surface area contributed by atoms with E-state index in [4.69, 9.17) is 9.47 Å². The fraction of sp³-hybridized carbons (Fsp3) is 0.682. The first-order valence-electron chi connectivity index (χ1n) is 10.5. The van der Waals surface area contributed by atoms with E-state index < -0.39 is 0 Å². The third kappa shape index (κ3) is 4.40. The van der Waals surface area contributed by atoms with Crippen molar-refractivity contribution in [3.05, 3.63) is 29.3 Å². The molecule has 2 aliphatic carbocycles. The Morgan fingerprint density at radius 1 is 1.26 bits per heavy atom. The number of aliphatic imine (C=N–C) groups is 1. The molecule has 1 atom stereocenters. The van der Waals surface area contributed by atoms with E-state index in [0.29, 0.717) is 18.6 Å². The van der Waals surface area contributed by atoms with E-state index in [1.807, 2.05) is 7.05 Å². The van der Waals surface area contributed by atoms with Crippen molar-refractivity contribution in [1.29, 1.82) is 0 Å². The van der Waals surface area contributed by atoms with Gasteiger partial charge in [0.25, 0.3) is 0 Å². The van der Waals surface area contributed by atoms with E-state index in [9.17, 15) is 0 Å². The maximum absolute atomic E-state index is 6.21. The van der Waals surface area contributed by atoms with Crippen LogP contribution in [0.5, 0.6) is 5.75 Å². The highest BCUT2D eigenvalue weighted by Gasteiger charge is 2.48. The summed E-state index contributed by atoms with van der Waals surface area (Å²) in [6.45, 7) is 5.34. The monoisotopic (exact) mass is 371 g/mol. The van der Waals surface area contributed by atoms with Crippen LogP contribution in [0.25, 0.3) is 0 Å². The molecule has 4 rings (SSSR count). The summed E-state index contributed by atoms with van der Waals surface area (Å²) in [5.74, 6) is 2.79. The van der Waals surface area contributed by atoms with Gasteiger partial charge in [-0.2, -0.15) is 0 Å². The second-order valence-electron chi connectivity index (χ2n) is 8.48. The number of hydrogen-bond acceptors (Lipinski definition) is 3. The number of ether oxygens (including phenoxy) is 2. The number of nitrogens with one attached hydrogen (secondary N) is 2. The van der Waals surface area contributed by atoms with Crippen molar-refractivity contribution in [3.8, 4) is 5.75 Å². The lowest BCUT2D eigenvalue weighted by Gasteiger charge is -2.43. The molecule has 148 valence electrons. The summed E-state index contributed by atoms with van der Waals surface area (Å²) in [6.07, 6.45) is 8.11. The van der Waals surface area contributed by atoms with Gasteiger partial charge in [-0.15, -0.1) is 0 Å². The Balaban J connectivity index is 1.33. The molecule has 5 nitrogen and oxygen atoms in total. The molecule has 1 aromatic rings. The summed E-state index contributed by atoms with van der Waals surface area (Å²) in [4.78, 5) is 4.43. The molecule has 27 heavy (non-hydrogen) atoms. The van der Waals surface area contributed by atoms with Crippen LogP contribution in [-0.2, 0) is 11.3 Å². The second kappa shape index (κ2) is 8.09. The number of guanidine groups is 1. The molecule has 1 heterocycles. The summed E-state index contributed by atoms with van der Waals surface area (Å²) in [7, 11) is 1.85. The molecule has 3 fully saturated rings. The lowest BCUT2D eigenvalue weighted by molar-refractivity contribution is 0.106. The van der Waals surface area contributed by atoms with Crippen LogP contribution >= 0.6 is 0 Å². The molecule has 5 heteroatoms. The summed E-state index contributed by atoms with van der Waals surface area (Å²) < 4.78 is 11.7. The molecule has 1 saturated heterocycles. The molecule has 3 aliphatic rings. The van der Waals surface area contributed by atoms with Gasteiger partial charge in [0.1, 0.15) is 11.9 Å². The lowest BCUT2D eigenvalue weighted by Crippen LogP contribution is -2.47. The average molecular weight is 372 g/mol. The van der Waals surface area contributed by atoms with Gasteiger partial charge in [-0.3, -0.25) is 4.99 Å². The van der Waals surface area contributed by atoms with Crippen molar-refractivity contribution < 1.29 is 9.47 Å². The topological polar surface area (TPSA) is 54.9 Å². The summed E-state index contributed by atoms with van der Waals surface area (Å²) in [5.41, 5.74) is 2.92. The van der Waals surface area contributed by atoms with Crippen molar-refractivity contribution >= 4 is 5.96 Å². The largest absolute Gasteiger partial charge is 0.488 e. The summed E-state index contributed by atoms with van der Waals surface area (Å²) >= 11 is 0. The first kappa shape index (κ1) is 18.6. The van der Waals surface area contributed by atoms with Gasteiger partial charge in [0, 0.05) is 32.1 Å². The standard InChI is InChI=1S/C22H33N3O2/c1-16-4-5-17(20(12-16)27-19-8-11-26-14-19)13-24-21(23-2)25-15-22(9-3-10-22)18-6-7-18/h4-5,12,18-19H,3,6-11,13-15H2,1-2H3,(H2,23,24,25). The zero-order valence-electron chi connectivity index (χ0n) is 16.7. The molecule has 1 aliphatic heterocycles. The van der Waals surface area contributed by atoms with E-state index in [-0.39, 0.29) is 6.10 Å². The third-order valence-electron chi connectivity index (χ3n) is 6.47. The molecule has 2 saturated carbocycles. The Labute approximate surface area is 162 Å². The maximum atomic E-state index is 6.21. The fourth-order valence-electron chi connectivity index (χ4n) is 4.42. The number of aryl methyl sites for hydroxylation is 1. The highest BCUT2D eigenvalue weighted by atomic mass is 16.5. The van der Waals surface area contributed by atoms with Gasteiger partial charge >= 0.3 is 0 Å². The Bertz CT molecular complexity index is 674. The number of nitrogens with zero attached hydrogens (tertiary/aromatic N) is 1. The predicted octanol–water partition coefficient (Wildman–Crippen LogP) is 3.41. The number of hydrogen-bond donors (Lipinski definition) is 2. The van der Waals surface area contributed by atoms with Crippen LogP contribution in [0.15, 0.2) is 23.2 Å². The Kier molecular flexibility index (Phi) is 5.58. The summed E-state index contributed by atoms with van der Waals surface area (Å²) in [5, 5.41) is 7.06. The highest BCUT2D eigenvalue weighted by Crippen LogP contribution is 2.56. The Hall–Kier alpha value is -1.75. The average Bonchev–Trinajstić information content (AvgIpc) is 3.35. The molecule has 1 unspecified atom stereocenters. The van der Waals surface area contributed by atoms with Crippen LogP contribution in [0.4, 0.5) is 0 Å². The first-order valence-corrected chi connectivity index (χ1v) is 10.5. The van der Waals surface area contributed by atoms with Crippen LogP contribution in [0, 0.1) is 18.3 Å². The zero-order chi connectivity index (χ0) is 18.7. The van der Waals surface area contributed by atoms with Crippen molar-refractivity contribution in [3.63, 3.8) is 0 Å². The van der Waals surface area contributed by atoms with Gasteiger partial charge in [0.2, 0.25) is 0 Å². The van der Waals surface area contributed by atoms with Gasteiger partial charge in [-0.1, -0.05) is 18.6 Å². The minimum atomic E-state index is 0.167. The van der Waals surface area contributed by atoms with Crippen molar-refractivity contribution in [2.24, 2.45) is 16.3 Å². The van der Waals surface area contributed by atoms with Crippen molar-refractivity contribution in [1.82, 2.24) is 10.6 Å². The molecular formula is C22H33N3O2. The Morgan fingerprint density at radius 2 is 2.11 bits per heavy atom. The normalized spacial score (nSPS) is 24.4. The number of benzene rings is 1. The van der Waals surface area contributed by atoms with E-state index in [0.717, 1.165) is 42.8 Å². The highest BCUT2D eigenvalue weighted by molar-refractivity contribution is 5.79. The van der Waals surface area contributed by atoms with Crippen molar-refractivity contribution in [2.45, 2.75) is 58.1 Å². The smallest absolute Gasteiger partial charge is 0.191 e. The molecule has 0 radical (unpaired) electrons. The SMILES string of the molecule is CN=C(NCc1ccc(C)cc1OC1CCOC1)NCC1(C2CC2)CCC1. The van der Waals surface area contributed by atoms with Gasteiger partial charge in [-0.25, -0.2) is 0 Å². The zero-order valence-corrected chi connectivity index (χ0v) is 16.7. The quantitative estimate of drug-likeness (QED) is 0.570. The maximum Gasteiger partial charge on any atom is 0.191 e. The van der Waals surface area contributed by atoms with E-state index in [1.54, 1.807) is 0 Å². The minimum Gasteiger partial charge on any atom is -0.488 e. The van der Waals surface area contributed by atoms with Gasteiger partial charge in [-0.05, 0) is 55.6 Å². The molecular weight excluding hydrogens is 338 g/mol. The molecule has 0 amide bonds. The van der Waals surface area contributed by atoms with Gasteiger partial charge < -0.3 is 20.1 Å². The minimum absolute atomic E-state index is 0.167. The predicted molar refractivity (Wildman–Crippen MR) is 108 cm³/mol. The second-order valence-corrected chi connectivity index (χ2v) is 8.48. The van der Waals surface area contributed by atoms with Crippen LogP contribution in [0.2, 0.25) is 0 Å². The van der Waals surface area contributed by atoms with E-state index in [1.165, 1.54) is 37.7 Å². The summed E-state index contributed by atoms with van der Waals surface area (Å²) in [6, 6.07) is 6.42. The van der Waals surface area contributed by atoms with Crippen LogP contribution in [-0.4, -0.2) is 38.9 Å². The van der Waals surface area contributed by atoms with Gasteiger partial charge in [0.15, 0.2) is 5.96 Å². The van der Waals surface area contributed by atoms with Crippen LogP contribution < -0.4 is 15.4 Å².